The third-order valence-corrected chi connectivity index (χ3v) is 7.02. The summed E-state index contributed by atoms with van der Waals surface area (Å²) in [6, 6.07) is 13.2. The molecule has 0 heterocycles. The number of hydrogen-bond acceptors (Lipinski definition) is 4. The lowest BCUT2D eigenvalue weighted by Gasteiger charge is -2.31. The molecule has 0 spiro atoms. The Morgan fingerprint density at radius 1 is 1.09 bits per heavy atom. The van der Waals surface area contributed by atoms with E-state index in [1.54, 1.807) is 6.92 Å². The molecule has 2 amide bonds. The molecule has 2 aromatic carbocycles. The van der Waals surface area contributed by atoms with Gasteiger partial charge in [0.05, 0.1) is 17.0 Å². The normalized spacial score (nSPS) is 12.1. The van der Waals surface area contributed by atoms with E-state index in [9.17, 15) is 18.0 Å². The second-order valence-corrected chi connectivity index (χ2v) is 10.8. The maximum absolute atomic E-state index is 13.4. The van der Waals surface area contributed by atoms with Gasteiger partial charge in [-0.2, -0.15) is 0 Å². The van der Waals surface area contributed by atoms with E-state index in [1.807, 2.05) is 37.3 Å². The molecule has 1 atom stereocenters. The zero-order valence-electron chi connectivity index (χ0n) is 19.6. The van der Waals surface area contributed by atoms with Crippen molar-refractivity contribution < 1.29 is 18.0 Å². The van der Waals surface area contributed by atoms with E-state index >= 15 is 0 Å². The number of amides is 2. The van der Waals surface area contributed by atoms with Crippen molar-refractivity contribution in [1.29, 1.82) is 0 Å². The van der Waals surface area contributed by atoms with Crippen LogP contribution in [0.5, 0.6) is 0 Å². The SMILES string of the molecule is CCCCNC(=O)[C@H](C)N(CCc1ccccc1)C(=O)CN(c1cc(Cl)ccc1Cl)S(C)(=O)=O. The minimum atomic E-state index is -3.87. The molecule has 0 radical (unpaired) electrons. The van der Waals surface area contributed by atoms with Crippen LogP contribution in [0.3, 0.4) is 0 Å². The number of halogens is 2. The fourth-order valence-corrected chi connectivity index (χ4v) is 4.67. The highest BCUT2D eigenvalue weighted by molar-refractivity contribution is 7.92. The zero-order chi connectivity index (χ0) is 25.3. The molecule has 7 nitrogen and oxygen atoms in total. The van der Waals surface area contributed by atoms with Gasteiger partial charge >= 0.3 is 0 Å². The fraction of sp³-hybridized carbons (Fsp3) is 0.417. The van der Waals surface area contributed by atoms with Gasteiger partial charge in [-0.25, -0.2) is 8.42 Å². The number of hydrogen-bond donors (Lipinski definition) is 1. The molecule has 0 aliphatic carbocycles. The van der Waals surface area contributed by atoms with Crippen LogP contribution in [-0.2, 0) is 26.0 Å². The number of benzene rings is 2. The lowest BCUT2D eigenvalue weighted by Crippen LogP contribution is -2.52. The number of nitrogens with one attached hydrogen (secondary N) is 1. The van der Waals surface area contributed by atoms with E-state index in [2.05, 4.69) is 5.32 Å². The first-order chi connectivity index (χ1) is 16.0. The minimum Gasteiger partial charge on any atom is -0.354 e. The molecule has 0 aliphatic heterocycles. The summed E-state index contributed by atoms with van der Waals surface area (Å²) in [5.74, 6) is -0.808. The van der Waals surface area contributed by atoms with Crippen molar-refractivity contribution in [3.63, 3.8) is 0 Å². The molecule has 0 aromatic heterocycles. The summed E-state index contributed by atoms with van der Waals surface area (Å²) in [6.45, 7) is 3.90. The quantitative estimate of drug-likeness (QED) is 0.420. The highest BCUT2D eigenvalue weighted by atomic mass is 35.5. The predicted octanol–water partition coefficient (Wildman–Crippen LogP) is 4.14. The standard InChI is InChI=1S/C24H31Cl2N3O4S/c1-4-5-14-27-24(31)18(2)28(15-13-19-9-7-6-8-10-19)23(30)17-29(34(3,32)33)22-16-20(25)11-12-21(22)26/h6-12,16,18H,4-5,13-15,17H2,1-3H3,(H,27,31)/t18-/m0/s1. The van der Waals surface area contributed by atoms with Gasteiger partial charge in [0.25, 0.3) is 0 Å². The summed E-state index contributed by atoms with van der Waals surface area (Å²) in [4.78, 5) is 27.6. The first kappa shape index (κ1) is 28.0. The molecular formula is C24H31Cl2N3O4S. The van der Waals surface area contributed by atoms with Crippen LogP contribution in [0, 0.1) is 0 Å². The number of anilines is 1. The molecular weight excluding hydrogens is 497 g/mol. The van der Waals surface area contributed by atoms with Gasteiger partial charge in [0.1, 0.15) is 12.6 Å². The highest BCUT2D eigenvalue weighted by Gasteiger charge is 2.30. The third-order valence-electron chi connectivity index (χ3n) is 5.34. The molecule has 2 rings (SSSR count). The maximum Gasteiger partial charge on any atom is 0.244 e. The van der Waals surface area contributed by atoms with Gasteiger partial charge in [-0.15, -0.1) is 0 Å². The van der Waals surface area contributed by atoms with Gasteiger partial charge in [0.2, 0.25) is 21.8 Å². The molecule has 0 saturated heterocycles. The second-order valence-electron chi connectivity index (χ2n) is 8.01. The summed E-state index contributed by atoms with van der Waals surface area (Å²) in [5.41, 5.74) is 1.10. The molecule has 34 heavy (non-hydrogen) atoms. The Balaban J connectivity index is 2.31. The number of carbonyl (C=O) groups is 2. The van der Waals surface area contributed by atoms with E-state index in [4.69, 9.17) is 23.2 Å². The monoisotopic (exact) mass is 527 g/mol. The first-order valence-electron chi connectivity index (χ1n) is 11.1. The van der Waals surface area contributed by atoms with Crippen LogP contribution in [0.15, 0.2) is 48.5 Å². The molecule has 0 saturated carbocycles. The Kier molecular flexibility index (Phi) is 10.7. The van der Waals surface area contributed by atoms with Crippen molar-refractivity contribution in [1.82, 2.24) is 10.2 Å². The second kappa shape index (κ2) is 13.0. The van der Waals surface area contributed by atoms with E-state index < -0.39 is 28.5 Å². The smallest absolute Gasteiger partial charge is 0.244 e. The molecule has 0 fully saturated rings. The predicted molar refractivity (Wildman–Crippen MR) is 138 cm³/mol. The van der Waals surface area contributed by atoms with E-state index in [0.717, 1.165) is 29.0 Å². The summed E-state index contributed by atoms with van der Waals surface area (Å²) in [6.07, 6.45) is 3.25. The maximum atomic E-state index is 13.4. The number of unbranched alkanes of at least 4 members (excludes halogenated alkanes) is 1. The Labute approximate surface area is 212 Å². The summed E-state index contributed by atoms with van der Waals surface area (Å²) in [5, 5.41) is 3.27. The third kappa shape index (κ3) is 8.18. The highest BCUT2D eigenvalue weighted by Crippen LogP contribution is 2.30. The Bertz CT molecular complexity index is 1080. The van der Waals surface area contributed by atoms with Crippen LogP contribution in [0.2, 0.25) is 10.0 Å². The number of rotatable bonds is 12. The first-order valence-corrected chi connectivity index (χ1v) is 13.7. The Hall–Kier alpha value is -2.29. The average Bonchev–Trinajstić information content (AvgIpc) is 2.79. The number of sulfonamides is 1. The van der Waals surface area contributed by atoms with Crippen molar-refractivity contribution in [2.75, 3.05) is 30.2 Å². The van der Waals surface area contributed by atoms with Crippen LogP contribution in [0.4, 0.5) is 5.69 Å². The van der Waals surface area contributed by atoms with Crippen molar-refractivity contribution in [2.24, 2.45) is 0 Å². The largest absolute Gasteiger partial charge is 0.354 e. The number of carbonyl (C=O) groups excluding carboxylic acids is 2. The lowest BCUT2D eigenvalue weighted by atomic mass is 10.1. The fourth-order valence-electron chi connectivity index (χ4n) is 3.38. The Morgan fingerprint density at radius 3 is 2.38 bits per heavy atom. The zero-order valence-corrected chi connectivity index (χ0v) is 22.0. The van der Waals surface area contributed by atoms with E-state index in [1.165, 1.54) is 23.1 Å². The van der Waals surface area contributed by atoms with Crippen molar-refractivity contribution in [3.8, 4) is 0 Å². The van der Waals surface area contributed by atoms with Crippen molar-refractivity contribution >= 4 is 50.7 Å². The van der Waals surface area contributed by atoms with Crippen LogP contribution >= 0.6 is 23.2 Å². The Morgan fingerprint density at radius 2 is 1.76 bits per heavy atom. The van der Waals surface area contributed by atoms with Crippen LogP contribution in [0.1, 0.15) is 32.3 Å². The topological polar surface area (TPSA) is 86.8 Å². The summed E-state index contributed by atoms with van der Waals surface area (Å²) < 4.78 is 26.1. The molecule has 1 N–H and O–H groups in total. The van der Waals surface area contributed by atoms with Crippen LogP contribution in [0.25, 0.3) is 0 Å². The molecule has 2 aromatic rings. The van der Waals surface area contributed by atoms with Crippen molar-refractivity contribution in [2.45, 2.75) is 39.2 Å². The van der Waals surface area contributed by atoms with Gasteiger partial charge in [0, 0.05) is 18.1 Å². The van der Waals surface area contributed by atoms with Crippen LogP contribution < -0.4 is 9.62 Å². The molecule has 10 heteroatoms. The minimum absolute atomic E-state index is 0.105. The molecule has 0 bridgehead atoms. The van der Waals surface area contributed by atoms with Gasteiger partial charge in [-0.05, 0) is 43.5 Å². The van der Waals surface area contributed by atoms with Gasteiger partial charge in [-0.1, -0.05) is 66.9 Å². The van der Waals surface area contributed by atoms with Gasteiger partial charge in [0.15, 0.2) is 0 Å². The van der Waals surface area contributed by atoms with Crippen LogP contribution in [-0.4, -0.2) is 57.1 Å². The lowest BCUT2D eigenvalue weighted by molar-refractivity contribution is -0.138. The molecule has 186 valence electrons. The van der Waals surface area contributed by atoms with Crippen molar-refractivity contribution in [3.05, 3.63) is 64.1 Å². The molecule has 0 unspecified atom stereocenters. The van der Waals surface area contributed by atoms with Gasteiger partial charge in [-0.3, -0.25) is 13.9 Å². The molecule has 0 aliphatic rings. The van der Waals surface area contributed by atoms with E-state index in [-0.39, 0.29) is 28.2 Å². The van der Waals surface area contributed by atoms with Gasteiger partial charge < -0.3 is 10.2 Å². The number of nitrogens with zero attached hydrogens (tertiary/aromatic N) is 2. The van der Waals surface area contributed by atoms with E-state index in [0.29, 0.717) is 13.0 Å². The average molecular weight is 529 g/mol. The summed E-state index contributed by atoms with van der Waals surface area (Å²) in [7, 11) is -3.87. The summed E-state index contributed by atoms with van der Waals surface area (Å²) >= 11 is 12.3.